The first-order chi connectivity index (χ1) is 18.6. The zero-order chi connectivity index (χ0) is 30.3. The van der Waals surface area contributed by atoms with Gasteiger partial charge in [0.05, 0.1) is 23.9 Å². The number of aromatic nitrogens is 2. The van der Waals surface area contributed by atoms with Crippen LogP contribution in [-0.4, -0.2) is 33.4 Å². The van der Waals surface area contributed by atoms with Crippen LogP contribution in [0.3, 0.4) is 0 Å². The molecule has 1 amide bonds. The van der Waals surface area contributed by atoms with Gasteiger partial charge in [-0.05, 0) is 48.5 Å². The number of rotatable bonds is 7. The van der Waals surface area contributed by atoms with Crippen LogP contribution >= 0.6 is 0 Å². The second-order valence-electron chi connectivity index (χ2n) is 11.3. The maximum atomic E-state index is 13.1. The van der Waals surface area contributed by atoms with E-state index < -0.39 is 5.97 Å². The number of aliphatic carboxylic acids is 1. The minimum absolute atomic E-state index is 0. The second-order valence-corrected chi connectivity index (χ2v) is 11.3. The van der Waals surface area contributed by atoms with Crippen LogP contribution in [0.15, 0.2) is 52.7 Å². The first-order valence-corrected chi connectivity index (χ1v) is 13.0. The van der Waals surface area contributed by atoms with E-state index in [2.05, 4.69) is 53.5 Å². The van der Waals surface area contributed by atoms with E-state index in [-0.39, 0.29) is 46.2 Å². The molecule has 1 aromatic heterocycles. The van der Waals surface area contributed by atoms with Crippen molar-refractivity contribution in [3.63, 3.8) is 0 Å². The summed E-state index contributed by atoms with van der Waals surface area (Å²) in [5.74, 6) is -0.329. The van der Waals surface area contributed by atoms with Gasteiger partial charge in [0.15, 0.2) is 0 Å². The summed E-state index contributed by atoms with van der Waals surface area (Å²) >= 11 is 0. The Labute approximate surface area is 253 Å². The maximum absolute atomic E-state index is 13.1. The van der Waals surface area contributed by atoms with Gasteiger partial charge in [-0.3, -0.25) is 9.89 Å². The maximum Gasteiger partial charge on any atom is 2.00 e. The molecule has 41 heavy (non-hydrogen) atoms. The van der Waals surface area contributed by atoms with E-state index in [0.717, 1.165) is 23.8 Å². The van der Waals surface area contributed by atoms with Gasteiger partial charge in [-0.2, -0.15) is 0 Å². The van der Waals surface area contributed by atoms with E-state index in [1.165, 1.54) is 4.68 Å². The molecule has 0 fully saturated rings. The van der Waals surface area contributed by atoms with Gasteiger partial charge in [-0.25, -0.2) is 0 Å². The fourth-order valence-electron chi connectivity index (χ4n) is 3.67. The first-order valence-electron chi connectivity index (χ1n) is 13.0. The van der Waals surface area contributed by atoms with Crippen molar-refractivity contribution in [1.29, 1.82) is 0 Å². The number of hydrogen-bond acceptors (Lipinski definition) is 6. The molecule has 0 saturated carbocycles. The van der Waals surface area contributed by atoms with Gasteiger partial charge in [0.25, 0.3) is 5.97 Å². The molecule has 225 valence electrons. The topological polar surface area (TPSA) is 144 Å². The smallest absolute Gasteiger partial charge is 0.645 e. The molecular weight excluding hydrogens is 572 g/mol. The van der Waals surface area contributed by atoms with E-state index in [1.54, 1.807) is 31.3 Å². The van der Waals surface area contributed by atoms with Crippen LogP contribution < -0.4 is 4.74 Å². The summed E-state index contributed by atoms with van der Waals surface area (Å²) in [6.07, 6.45) is 0. The molecule has 3 rings (SSSR count). The van der Waals surface area contributed by atoms with Gasteiger partial charge < -0.3 is 30.4 Å². The van der Waals surface area contributed by atoms with Gasteiger partial charge in [-0.15, -0.1) is 10.2 Å². The SMILES string of the molecule is CC(=O)O.CCOc1ccc(C(C)(C)C)cc1C[N-]C(=O)c1ccccc1N=Nc1c(C(C)(C)C)nn(C)c1[NH-].[Cu+2]. The monoisotopic (exact) mass is 611 g/mol. The molecule has 3 aromatic rings. The summed E-state index contributed by atoms with van der Waals surface area (Å²) in [6, 6.07) is 13.0. The number of azo groups is 1. The van der Waals surface area contributed by atoms with Crippen LogP contribution in [0.5, 0.6) is 5.75 Å². The van der Waals surface area contributed by atoms with Crippen LogP contribution in [0.2, 0.25) is 0 Å². The number of hydrogen-bond donors (Lipinski definition) is 1. The normalized spacial score (nSPS) is 11.3. The fourth-order valence-corrected chi connectivity index (χ4v) is 3.67. The van der Waals surface area contributed by atoms with Crippen molar-refractivity contribution in [3.05, 3.63) is 75.9 Å². The number of aryl methyl sites for hydroxylation is 1. The van der Waals surface area contributed by atoms with Gasteiger partial charge in [0, 0.05) is 17.9 Å². The minimum Gasteiger partial charge on any atom is -0.645 e. The van der Waals surface area contributed by atoms with Crippen LogP contribution in [0.1, 0.15) is 82.6 Å². The zero-order valence-corrected chi connectivity index (χ0v) is 26.1. The molecule has 10 nitrogen and oxygen atoms in total. The van der Waals surface area contributed by atoms with Gasteiger partial charge in [0.1, 0.15) is 11.4 Å². The third-order valence-electron chi connectivity index (χ3n) is 5.74. The molecule has 2 N–H and O–H groups in total. The number of amides is 1. The average Bonchev–Trinajstić information content (AvgIpc) is 3.15. The predicted molar refractivity (Wildman–Crippen MR) is 158 cm³/mol. The molecule has 0 aliphatic heterocycles. The molecule has 2 aromatic carbocycles. The molecule has 11 heteroatoms. The fraction of sp³-hybridized carbons (Fsp3) is 0.433. The van der Waals surface area contributed by atoms with E-state index in [0.29, 0.717) is 29.2 Å². The Kier molecular flexibility index (Phi) is 12.8. The van der Waals surface area contributed by atoms with E-state index in [9.17, 15) is 4.79 Å². The summed E-state index contributed by atoms with van der Waals surface area (Å²) in [4.78, 5) is 22.1. The van der Waals surface area contributed by atoms with Crippen molar-refractivity contribution in [1.82, 2.24) is 9.78 Å². The van der Waals surface area contributed by atoms with Crippen molar-refractivity contribution in [3.8, 4) is 5.75 Å². The van der Waals surface area contributed by atoms with Crippen molar-refractivity contribution in [2.24, 2.45) is 17.3 Å². The standard InChI is InChI=1S/C28H37N6O2.C2H4O2.Cu/c1-9-36-22-15-14-19(27(2,3)4)16-18(22)17-30-26(35)20-12-10-11-13-21(20)31-32-23-24(28(5,6)7)33-34(8)25(23)29;1-2(3)4;/h10-16H,9,17H2,1-8H3,(H2-,29,30,31,33,35);1H3,(H,3,4);/q-1;;+2/p-1. The Balaban J connectivity index is 0.00000157. The minimum atomic E-state index is -0.833. The van der Waals surface area contributed by atoms with E-state index in [1.807, 2.05) is 33.8 Å². The quantitative estimate of drug-likeness (QED) is 0.211. The average molecular weight is 612 g/mol. The third kappa shape index (κ3) is 10.0. The summed E-state index contributed by atoms with van der Waals surface area (Å²) in [5, 5.41) is 24.9. The molecule has 0 saturated heterocycles. The summed E-state index contributed by atoms with van der Waals surface area (Å²) in [5.41, 5.74) is 11.8. The molecule has 0 aliphatic rings. The number of carboxylic acids is 1. The molecule has 0 unspecified atom stereocenters. The molecule has 0 atom stereocenters. The number of nitrogens with one attached hydrogen (secondary N) is 1. The Morgan fingerprint density at radius 3 is 2.22 bits per heavy atom. The summed E-state index contributed by atoms with van der Waals surface area (Å²) in [6.45, 7) is 16.2. The summed E-state index contributed by atoms with van der Waals surface area (Å²) < 4.78 is 7.25. The second kappa shape index (κ2) is 14.8. The number of carbonyl (C=O) groups is 2. The Morgan fingerprint density at radius 2 is 1.66 bits per heavy atom. The third-order valence-corrected chi connectivity index (χ3v) is 5.74. The summed E-state index contributed by atoms with van der Waals surface area (Å²) in [7, 11) is 1.71. The zero-order valence-electron chi connectivity index (χ0n) is 25.2. The Hall–Kier alpha value is -3.69. The first kappa shape index (κ1) is 35.3. The Bertz CT molecular complexity index is 1370. The number of benzene rings is 2. The number of carbonyl (C=O) groups excluding carboxylic acids is 1. The molecular formula is C30H40CuN6O4. The number of carboxylic acid groups (broad SMARTS) is 1. The van der Waals surface area contributed by atoms with Crippen molar-refractivity contribution < 1.29 is 36.5 Å². The Morgan fingerprint density at radius 1 is 1.05 bits per heavy atom. The van der Waals surface area contributed by atoms with Crippen molar-refractivity contribution in [2.75, 3.05) is 6.61 Å². The van der Waals surface area contributed by atoms with Crippen LogP contribution in [0.25, 0.3) is 11.1 Å². The van der Waals surface area contributed by atoms with Crippen molar-refractivity contribution in [2.45, 2.75) is 72.8 Å². The molecule has 0 spiro atoms. The number of nitrogens with zero attached hydrogens (tertiary/aromatic N) is 5. The predicted octanol–water partition coefficient (Wildman–Crippen LogP) is 8.32. The molecule has 1 radical (unpaired) electrons. The van der Waals surface area contributed by atoms with E-state index >= 15 is 0 Å². The van der Waals surface area contributed by atoms with Gasteiger partial charge in [0.2, 0.25) is 0 Å². The molecule has 0 bridgehead atoms. The van der Waals surface area contributed by atoms with Crippen molar-refractivity contribution >= 4 is 29.1 Å². The molecule has 1 heterocycles. The molecule has 0 aliphatic carbocycles. The van der Waals surface area contributed by atoms with E-state index in [4.69, 9.17) is 20.4 Å². The van der Waals surface area contributed by atoms with Crippen LogP contribution in [0.4, 0.5) is 17.2 Å². The van der Waals surface area contributed by atoms with Gasteiger partial charge >= 0.3 is 17.1 Å². The largest absolute Gasteiger partial charge is 2.00 e. The van der Waals surface area contributed by atoms with Crippen LogP contribution in [0, 0.1) is 0 Å². The van der Waals surface area contributed by atoms with Gasteiger partial charge in [-0.1, -0.05) is 78.4 Å². The van der Waals surface area contributed by atoms with Crippen LogP contribution in [-0.2, 0) is 46.3 Å². The number of ether oxygens (including phenoxy) is 1.